The van der Waals surface area contributed by atoms with E-state index >= 15 is 0 Å². The molecule has 0 aromatic heterocycles. The van der Waals surface area contributed by atoms with Crippen LogP contribution in [0.3, 0.4) is 0 Å². The summed E-state index contributed by atoms with van der Waals surface area (Å²) in [4.78, 5) is 31.2. The summed E-state index contributed by atoms with van der Waals surface area (Å²) >= 11 is 6.44. The zero-order valence-corrected chi connectivity index (χ0v) is 30.5. The second kappa shape index (κ2) is 13.8. The van der Waals surface area contributed by atoms with Crippen LogP contribution >= 0.6 is 11.6 Å². The summed E-state index contributed by atoms with van der Waals surface area (Å²) in [6, 6.07) is 11.2. The number of carbonyl (C=O) groups excluding carboxylic acids is 2. The van der Waals surface area contributed by atoms with Gasteiger partial charge in [0.2, 0.25) is 15.9 Å². The lowest BCUT2D eigenvalue weighted by atomic mass is 9.63. The molecule has 2 N–H and O–H groups in total. The molecule has 1 saturated heterocycles. The van der Waals surface area contributed by atoms with E-state index in [2.05, 4.69) is 21.8 Å². The number of allylic oxidation sites excluding steroid dienone is 1. The van der Waals surface area contributed by atoms with Gasteiger partial charge in [-0.2, -0.15) is 0 Å². The lowest BCUT2D eigenvalue weighted by Crippen LogP contribution is -2.54. The predicted molar refractivity (Wildman–Crippen MR) is 192 cm³/mol. The summed E-state index contributed by atoms with van der Waals surface area (Å²) in [5, 5.41) is 12.3. The molecule has 6 atom stereocenters. The number of nitrogens with zero attached hydrogens (tertiary/aromatic N) is 2. The minimum absolute atomic E-state index is 0.0507. The molecule has 2 aliphatic carbocycles. The minimum atomic E-state index is -4.03. The Morgan fingerprint density at radius 2 is 1.92 bits per heavy atom. The number of hydrogen-bond acceptors (Lipinski definition) is 8. The van der Waals surface area contributed by atoms with Crippen molar-refractivity contribution < 1.29 is 32.6 Å². The zero-order chi connectivity index (χ0) is 35.3. The number of aliphatic hydroxyl groups is 1. The third kappa shape index (κ3) is 6.78. The molecule has 2 fully saturated rings. The van der Waals surface area contributed by atoms with E-state index in [1.807, 2.05) is 19.1 Å². The highest BCUT2D eigenvalue weighted by Gasteiger charge is 2.49. The molecule has 3 heterocycles. The molecule has 1 saturated carbocycles. The SMILES string of the molecule is C[C@@H]1[C@@H](C)C/C=C/[C@@](O)(CC(=O)N2CCOCC2)[C@@H]2CC[C@H]2CN2C[C@@]3(CCCc4cc(Cl)ccc43)COc3ccc(cc32)C(=O)NS1(=O)=O. The number of benzene rings is 2. The number of sulfonamides is 1. The molecule has 2 aromatic carbocycles. The Morgan fingerprint density at radius 1 is 1.12 bits per heavy atom. The zero-order valence-electron chi connectivity index (χ0n) is 28.9. The lowest BCUT2D eigenvalue weighted by molar-refractivity contribution is -0.143. The number of fused-ring (bicyclic) bond motifs is 4. The van der Waals surface area contributed by atoms with Crippen molar-refractivity contribution in [1.29, 1.82) is 0 Å². The maximum atomic E-state index is 13.6. The fraction of sp³-hybridized carbons (Fsp3) is 0.579. The molecule has 0 unspecified atom stereocenters. The number of amides is 2. The van der Waals surface area contributed by atoms with Gasteiger partial charge in [0.25, 0.3) is 5.91 Å². The predicted octanol–water partition coefficient (Wildman–Crippen LogP) is 4.86. The molecule has 3 aliphatic heterocycles. The molecule has 2 aromatic rings. The van der Waals surface area contributed by atoms with Crippen molar-refractivity contribution in [2.45, 2.75) is 75.1 Å². The van der Waals surface area contributed by atoms with Crippen LogP contribution in [0.15, 0.2) is 48.6 Å². The Balaban J connectivity index is 1.29. The van der Waals surface area contributed by atoms with Crippen LogP contribution in [0.5, 0.6) is 5.75 Å². The average Bonchev–Trinajstić information content (AvgIpc) is 3.22. The Bertz CT molecular complexity index is 1780. The maximum absolute atomic E-state index is 13.6. The Morgan fingerprint density at radius 3 is 2.68 bits per heavy atom. The first-order valence-electron chi connectivity index (χ1n) is 18.0. The fourth-order valence-electron chi connectivity index (χ4n) is 8.73. The quantitative estimate of drug-likeness (QED) is 0.421. The lowest BCUT2D eigenvalue weighted by Gasteiger charge is -2.49. The molecule has 1 spiro atoms. The van der Waals surface area contributed by atoms with Gasteiger partial charge >= 0.3 is 0 Å². The number of hydrogen-bond donors (Lipinski definition) is 2. The third-order valence-electron chi connectivity index (χ3n) is 12.1. The van der Waals surface area contributed by atoms with Crippen LogP contribution in [0.25, 0.3) is 0 Å². The van der Waals surface area contributed by atoms with E-state index in [1.54, 1.807) is 36.1 Å². The summed E-state index contributed by atoms with van der Waals surface area (Å²) in [6.45, 7) is 6.96. The van der Waals surface area contributed by atoms with Gasteiger partial charge in [-0.25, -0.2) is 13.1 Å². The summed E-state index contributed by atoms with van der Waals surface area (Å²) in [7, 11) is -4.03. The van der Waals surface area contributed by atoms with E-state index in [0.717, 1.165) is 37.8 Å². The van der Waals surface area contributed by atoms with Gasteiger partial charge in [0.15, 0.2) is 0 Å². The Labute approximate surface area is 300 Å². The molecular formula is C38H48ClN3O7S. The number of rotatable bonds is 2. The fourth-order valence-corrected chi connectivity index (χ4v) is 10.2. The van der Waals surface area contributed by atoms with Gasteiger partial charge in [-0.15, -0.1) is 0 Å². The van der Waals surface area contributed by atoms with E-state index < -0.39 is 26.8 Å². The topological polar surface area (TPSA) is 125 Å². The molecular weight excluding hydrogens is 678 g/mol. The number of nitrogens with one attached hydrogen (secondary N) is 1. The molecule has 10 nitrogen and oxygen atoms in total. The van der Waals surface area contributed by atoms with Crippen molar-refractivity contribution in [3.8, 4) is 5.75 Å². The second-order valence-corrected chi connectivity index (χ2v) is 17.7. The molecule has 270 valence electrons. The first kappa shape index (κ1) is 35.3. The van der Waals surface area contributed by atoms with E-state index in [9.17, 15) is 23.1 Å². The largest absolute Gasteiger partial charge is 0.490 e. The third-order valence-corrected chi connectivity index (χ3v) is 14.2. The van der Waals surface area contributed by atoms with Crippen molar-refractivity contribution in [3.63, 3.8) is 0 Å². The van der Waals surface area contributed by atoms with Gasteiger partial charge in [0.05, 0.1) is 42.8 Å². The maximum Gasteiger partial charge on any atom is 0.264 e. The Kier molecular flexibility index (Phi) is 9.73. The van der Waals surface area contributed by atoms with Crippen molar-refractivity contribution in [1.82, 2.24) is 9.62 Å². The van der Waals surface area contributed by atoms with Crippen molar-refractivity contribution >= 4 is 39.1 Å². The van der Waals surface area contributed by atoms with Crippen LogP contribution in [0, 0.1) is 17.8 Å². The van der Waals surface area contributed by atoms with Gasteiger partial charge in [-0.1, -0.05) is 36.7 Å². The van der Waals surface area contributed by atoms with Crippen LogP contribution < -0.4 is 14.4 Å². The van der Waals surface area contributed by atoms with E-state index in [-0.39, 0.29) is 41.1 Å². The van der Waals surface area contributed by atoms with Gasteiger partial charge in [0, 0.05) is 42.2 Å². The monoisotopic (exact) mass is 725 g/mol. The van der Waals surface area contributed by atoms with Gasteiger partial charge in [0.1, 0.15) is 5.75 Å². The molecule has 5 aliphatic rings. The van der Waals surface area contributed by atoms with Crippen molar-refractivity contribution in [2.75, 3.05) is 50.9 Å². The number of anilines is 1. The van der Waals surface area contributed by atoms with Crippen molar-refractivity contribution in [3.05, 3.63) is 70.3 Å². The van der Waals surface area contributed by atoms with Crippen LogP contribution in [0.1, 0.15) is 73.9 Å². The highest BCUT2D eigenvalue weighted by molar-refractivity contribution is 7.90. The van der Waals surface area contributed by atoms with Gasteiger partial charge in [-0.05, 0) is 105 Å². The Hall–Kier alpha value is -3.12. The molecule has 2 amide bonds. The molecule has 2 bridgehead atoms. The summed E-state index contributed by atoms with van der Waals surface area (Å²) in [5.41, 5.74) is 1.61. The van der Waals surface area contributed by atoms with E-state index in [1.165, 1.54) is 11.1 Å². The number of halogens is 1. The molecule has 12 heteroatoms. The van der Waals surface area contributed by atoms with Gasteiger partial charge in [-0.3, -0.25) is 9.59 Å². The highest BCUT2D eigenvalue weighted by Crippen LogP contribution is 2.49. The second-order valence-electron chi connectivity index (χ2n) is 15.2. The number of aryl methyl sites for hydroxylation is 1. The first-order chi connectivity index (χ1) is 23.9. The van der Waals surface area contributed by atoms with Crippen molar-refractivity contribution in [2.24, 2.45) is 17.8 Å². The standard InChI is InChI=1S/C38H48ClN3O7S/c1-25-5-3-14-38(45,21-35(43)41-15-17-48-18-16-41)32-10-7-29(32)22-42-23-37(13-4-6-27-19-30(39)9-11-31(27)37)24-49-34-12-8-28(20-33(34)42)36(44)40-50(46,47)26(25)2/h3,8-9,11-12,14,19-20,25-26,29,32,45H,4-7,10,13,15-18,21-24H2,1-2H3,(H,40,44)/b14-3+/t25-,26+,29-,32+,37-,38+/m0/s1. The first-order valence-corrected chi connectivity index (χ1v) is 19.9. The summed E-state index contributed by atoms with van der Waals surface area (Å²) in [5.74, 6) is -0.660. The van der Waals surface area contributed by atoms with Crippen LogP contribution in [-0.4, -0.2) is 87.1 Å². The highest BCUT2D eigenvalue weighted by atomic mass is 35.5. The summed E-state index contributed by atoms with van der Waals surface area (Å²) < 4.78 is 41.3. The van der Waals surface area contributed by atoms with E-state index in [0.29, 0.717) is 63.2 Å². The summed E-state index contributed by atoms with van der Waals surface area (Å²) in [6.07, 6.45) is 8.33. The number of ether oxygens (including phenoxy) is 2. The van der Waals surface area contributed by atoms with Crippen LogP contribution in [-0.2, 0) is 31.4 Å². The van der Waals surface area contributed by atoms with Crippen LogP contribution in [0.2, 0.25) is 5.02 Å². The van der Waals surface area contributed by atoms with Gasteiger partial charge < -0.3 is 24.4 Å². The number of morpholine rings is 1. The van der Waals surface area contributed by atoms with E-state index in [4.69, 9.17) is 21.1 Å². The minimum Gasteiger partial charge on any atom is -0.490 e. The average molecular weight is 726 g/mol. The molecule has 50 heavy (non-hydrogen) atoms. The smallest absolute Gasteiger partial charge is 0.264 e. The molecule has 7 rings (SSSR count). The normalized spacial score (nSPS) is 33.2. The van der Waals surface area contributed by atoms with Crippen LogP contribution in [0.4, 0.5) is 5.69 Å². The number of carbonyl (C=O) groups is 2. The molecule has 0 radical (unpaired) electrons.